The number of esters is 2. The molecule has 0 aliphatic carbocycles. The number of hydrogen-bond acceptors (Lipinski definition) is 5. The van der Waals surface area contributed by atoms with Crippen molar-refractivity contribution in [3.8, 4) is 0 Å². The van der Waals surface area contributed by atoms with Crippen LogP contribution < -0.4 is 0 Å². The van der Waals surface area contributed by atoms with Gasteiger partial charge in [-0.3, -0.25) is 9.59 Å². The summed E-state index contributed by atoms with van der Waals surface area (Å²) in [5.74, 6) is -2.06. The van der Waals surface area contributed by atoms with Crippen molar-refractivity contribution in [1.82, 2.24) is 0 Å². The monoisotopic (exact) mass is 256 g/mol. The van der Waals surface area contributed by atoms with Crippen LogP contribution in [0.15, 0.2) is 11.4 Å². The zero-order valence-corrected chi connectivity index (χ0v) is 11.0. The Morgan fingerprint density at radius 1 is 1.24 bits per heavy atom. The van der Waals surface area contributed by atoms with Crippen LogP contribution in [0, 0.1) is 6.92 Å². The Labute approximate surface area is 105 Å². The summed E-state index contributed by atoms with van der Waals surface area (Å²) < 4.78 is 9.80. The molecule has 1 heterocycles. The van der Waals surface area contributed by atoms with Gasteiger partial charge in [-0.05, 0) is 37.8 Å². The van der Waals surface area contributed by atoms with E-state index in [1.165, 1.54) is 11.3 Å². The van der Waals surface area contributed by atoms with Gasteiger partial charge in [0.2, 0.25) is 0 Å². The van der Waals surface area contributed by atoms with Crippen LogP contribution >= 0.6 is 11.3 Å². The van der Waals surface area contributed by atoms with Crippen LogP contribution in [0.1, 0.15) is 30.2 Å². The molecule has 0 saturated heterocycles. The Balaban J connectivity index is 2.93. The largest absolute Gasteiger partial charge is 0.465 e. The van der Waals surface area contributed by atoms with Crippen molar-refractivity contribution in [1.29, 1.82) is 0 Å². The first-order valence-electron chi connectivity index (χ1n) is 5.48. The SMILES string of the molecule is CCOC(=O)C(C(=O)OCC)c1csc(C)c1. The first-order chi connectivity index (χ1) is 8.10. The molecule has 5 heteroatoms. The van der Waals surface area contributed by atoms with Gasteiger partial charge in [-0.1, -0.05) is 0 Å². The summed E-state index contributed by atoms with van der Waals surface area (Å²) in [5, 5.41) is 1.79. The third kappa shape index (κ3) is 3.56. The highest BCUT2D eigenvalue weighted by atomic mass is 32.1. The molecule has 0 aromatic carbocycles. The molecule has 0 bridgehead atoms. The number of carbonyl (C=O) groups is 2. The number of hydrogen-bond donors (Lipinski definition) is 0. The Morgan fingerprint density at radius 3 is 2.12 bits per heavy atom. The fourth-order valence-electron chi connectivity index (χ4n) is 1.43. The standard InChI is InChI=1S/C12H16O4S/c1-4-15-11(13)10(12(14)16-5-2)9-6-8(3)17-7-9/h6-7,10H,4-5H2,1-3H3. The average Bonchev–Trinajstić information content (AvgIpc) is 2.66. The van der Waals surface area contributed by atoms with Gasteiger partial charge < -0.3 is 9.47 Å². The lowest BCUT2D eigenvalue weighted by Crippen LogP contribution is -2.25. The summed E-state index contributed by atoms with van der Waals surface area (Å²) in [6, 6.07) is 1.81. The highest BCUT2D eigenvalue weighted by Gasteiger charge is 2.31. The van der Waals surface area contributed by atoms with E-state index in [9.17, 15) is 9.59 Å². The minimum Gasteiger partial charge on any atom is -0.465 e. The van der Waals surface area contributed by atoms with Gasteiger partial charge in [-0.25, -0.2) is 0 Å². The van der Waals surface area contributed by atoms with Gasteiger partial charge in [0.1, 0.15) is 0 Å². The van der Waals surface area contributed by atoms with E-state index >= 15 is 0 Å². The van der Waals surface area contributed by atoms with E-state index in [4.69, 9.17) is 9.47 Å². The molecule has 0 fully saturated rings. The van der Waals surface area contributed by atoms with Crippen molar-refractivity contribution >= 4 is 23.3 Å². The first-order valence-corrected chi connectivity index (χ1v) is 6.36. The van der Waals surface area contributed by atoms with E-state index in [-0.39, 0.29) is 13.2 Å². The predicted octanol–water partition coefficient (Wildman–Crippen LogP) is 2.27. The second-order valence-corrected chi connectivity index (χ2v) is 4.54. The molecular weight excluding hydrogens is 240 g/mol. The first kappa shape index (κ1) is 13.7. The molecule has 1 rings (SSSR count). The number of thiophene rings is 1. The van der Waals surface area contributed by atoms with Gasteiger partial charge in [0, 0.05) is 4.88 Å². The van der Waals surface area contributed by atoms with Crippen LogP contribution in [0.5, 0.6) is 0 Å². The van der Waals surface area contributed by atoms with Gasteiger partial charge >= 0.3 is 11.9 Å². The zero-order chi connectivity index (χ0) is 12.8. The van der Waals surface area contributed by atoms with Crippen LogP contribution in [-0.4, -0.2) is 25.2 Å². The van der Waals surface area contributed by atoms with Crippen molar-refractivity contribution in [3.05, 3.63) is 21.9 Å². The molecule has 1 aromatic heterocycles. The van der Waals surface area contributed by atoms with Gasteiger partial charge in [0.15, 0.2) is 5.92 Å². The predicted molar refractivity (Wildman–Crippen MR) is 65.1 cm³/mol. The van der Waals surface area contributed by atoms with Gasteiger partial charge in [0.25, 0.3) is 0 Å². The fourth-order valence-corrected chi connectivity index (χ4v) is 2.16. The van der Waals surface area contributed by atoms with Crippen molar-refractivity contribution in [2.24, 2.45) is 0 Å². The molecule has 0 unspecified atom stereocenters. The van der Waals surface area contributed by atoms with Crippen molar-refractivity contribution in [2.45, 2.75) is 26.7 Å². The zero-order valence-electron chi connectivity index (χ0n) is 10.2. The van der Waals surface area contributed by atoms with Crippen LogP contribution in [0.3, 0.4) is 0 Å². The molecule has 0 atom stereocenters. The summed E-state index contributed by atoms with van der Waals surface area (Å²) in [7, 11) is 0. The molecule has 0 spiro atoms. The number of carbonyl (C=O) groups excluding carboxylic acids is 2. The fraction of sp³-hybridized carbons (Fsp3) is 0.500. The molecule has 0 amide bonds. The Morgan fingerprint density at radius 2 is 1.76 bits per heavy atom. The summed E-state index contributed by atoms with van der Waals surface area (Å²) in [4.78, 5) is 24.5. The molecule has 0 aliphatic rings. The van der Waals surface area contributed by atoms with Crippen LogP contribution in [0.4, 0.5) is 0 Å². The van der Waals surface area contributed by atoms with Gasteiger partial charge in [-0.15, -0.1) is 11.3 Å². The third-order valence-electron chi connectivity index (χ3n) is 2.13. The summed E-state index contributed by atoms with van der Waals surface area (Å²) in [5.41, 5.74) is 0.643. The minimum absolute atomic E-state index is 0.248. The van der Waals surface area contributed by atoms with Crippen LogP contribution in [0.2, 0.25) is 0 Å². The summed E-state index contributed by atoms with van der Waals surface area (Å²) in [6.45, 7) is 5.83. The lowest BCUT2D eigenvalue weighted by Gasteiger charge is -2.12. The summed E-state index contributed by atoms with van der Waals surface area (Å²) in [6.07, 6.45) is 0. The van der Waals surface area contributed by atoms with Crippen molar-refractivity contribution in [3.63, 3.8) is 0 Å². The lowest BCUT2D eigenvalue weighted by atomic mass is 10.0. The number of ether oxygens (including phenoxy) is 2. The van der Waals surface area contributed by atoms with E-state index in [1.54, 1.807) is 19.2 Å². The normalized spacial score (nSPS) is 10.4. The number of rotatable bonds is 5. The number of aryl methyl sites for hydroxylation is 1. The maximum absolute atomic E-state index is 11.8. The molecule has 0 radical (unpaired) electrons. The molecule has 4 nitrogen and oxygen atoms in total. The Bertz CT molecular complexity index is 379. The van der Waals surface area contributed by atoms with E-state index < -0.39 is 17.9 Å². The van der Waals surface area contributed by atoms with Crippen molar-refractivity contribution in [2.75, 3.05) is 13.2 Å². The smallest absolute Gasteiger partial charge is 0.324 e. The molecule has 0 saturated carbocycles. The van der Waals surface area contributed by atoms with Crippen LogP contribution in [0.25, 0.3) is 0 Å². The molecular formula is C12H16O4S. The van der Waals surface area contributed by atoms with Gasteiger partial charge in [0.05, 0.1) is 13.2 Å². The maximum atomic E-state index is 11.8. The average molecular weight is 256 g/mol. The molecule has 0 N–H and O–H groups in total. The van der Waals surface area contributed by atoms with Crippen LogP contribution in [-0.2, 0) is 19.1 Å². The molecule has 17 heavy (non-hydrogen) atoms. The second kappa shape index (κ2) is 6.39. The Kier molecular flexibility index (Phi) is 5.15. The third-order valence-corrected chi connectivity index (χ3v) is 3.01. The van der Waals surface area contributed by atoms with Gasteiger partial charge in [-0.2, -0.15) is 0 Å². The quantitative estimate of drug-likeness (QED) is 0.599. The highest BCUT2D eigenvalue weighted by Crippen LogP contribution is 2.24. The lowest BCUT2D eigenvalue weighted by molar-refractivity contribution is -0.156. The second-order valence-electron chi connectivity index (χ2n) is 3.43. The maximum Gasteiger partial charge on any atom is 0.324 e. The van der Waals surface area contributed by atoms with E-state index in [0.29, 0.717) is 5.56 Å². The topological polar surface area (TPSA) is 52.6 Å². The minimum atomic E-state index is -0.958. The summed E-state index contributed by atoms with van der Waals surface area (Å²) >= 11 is 1.49. The molecule has 94 valence electrons. The highest BCUT2D eigenvalue weighted by molar-refractivity contribution is 7.10. The van der Waals surface area contributed by atoms with E-state index in [0.717, 1.165) is 4.88 Å². The Hall–Kier alpha value is -1.36. The molecule has 0 aliphatic heterocycles. The van der Waals surface area contributed by atoms with E-state index in [1.807, 2.05) is 13.0 Å². The molecule has 1 aromatic rings. The van der Waals surface area contributed by atoms with E-state index in [2.05, 4.69) is 0 Å². The van der Waals surface area contributed by atoms with Crippen molar-refractivity contribution < 1.29 is 19.1 Å².